The number of hydrogen-bond acceptors (Lipinski definition) is 3. The molecular weight excluding hydrogens is 379 g/mol. The molecule has 3 rings (SSSR count). The number of nitrogens with zero attached hydrogens (tertiary/aromatic N) is 1. The largest absolute Gasteiger partial charge is 0.324 e. The number of amides is 1. The van der Waals surface area contributed by atoms with Crippen LogP contribution in [0, 0.1) is 11.7 Å². The van der Waals surface area contributed by atoms with E-state index < -0.39 is 21.8 Å². The number of nitrogens with one attached hydrogen (secondary N) is 1. The Morgan fingerprint density at radius 1 is 1.15 bits per heavy atom. The number of para-hydroxylation sites is 1. The van der Waals surface area contributed by atoms with Crippen molar-refractivity contribution in [3.05, 3.63) is 59.4 Å². The third-order valence-electron chi connectivity index (χ3n) is 4.34. The van der Waals surface area contributed by atoms with Crippen LogP contribution in [0.5, 0.6) is 0 Å². The fourth-order valence-corrected chi connectivity index (χ4v) is 4.63. The summed E-state index contributed by atoms with van der Waals surface area (Å²) < 4.78 is 39.8. The van der Waals surface area contributed by atoms with E-state index in [9.17, 15) is 17.6 Å². The van der Waals surface area contributed by atoms with Gasteiger partial charge in [0.1, 0.15) is 5.82 Å². The number of piperidine rings is 1. The van der Waals surface area contributed by atoms with Gasteiger partial charge in [-0.2, -0.15) is 4.31 Å². The van der Waals surface area contributed by atoms with Crippen LogP contribution in [-0.4, -0.2) is 31.7 Å². The first-order chi connectivity index (χ1) is 12.4. The van der Waals surface area contributed by atoms with Crippen molar-refractivity contribution in [2.75, 3.05) is 18.4 Å². The van der Waals surface area contributed by atoms with Gasteiger partial charge in [-0.05, 0) is 49.2 Å². The summed E-state index contributed by atoms with van der Waals surface area (Å²) in [5.41, 5.74) is 0.498. The van der Waals surface area contributed by atoms with E-state index in [4.69, 9.17) is 11.6 Å². The minimum absolute atomic E-state index is 0.0195. The van der Waals surface area contributed by atoms with Crippen molar-refractivity contribution in [2.45, 2.75) is 17.7 Å². The Balaban J connectivity index is 1.73. The molecule has 1 aliphatic rings. The van der Waals surface area contributed by atoms with Crippen LogP contribution in [-0.2, 0) is 14.8 Å². The maximum absolute atomic E-state index is 13.1. The molecule has 0 radical (unpaired) electrons. The molecular formula is C18H18ClFN2O3S. The number of anilines is 1. The number of sulfonamides is 1. The minimum atomic E-state index is -3.77. The van der Waals surface area contributed by atoms with E-state index in [0.717, 1.165) is 12.1 Å². The Morgan fingerprint density at radius 2 is 1.85 bits per heavy atom. The summed E-state index contributed by atoms with van der Waals surface area (Å²) in [7, 11) is -3.77. The van der Waals surface area contributed by atoms with Crippen LogP contribution >= 0.6 is 11.6 Å². The van der Waals surface area contributed by atoms with Crippen LogP contribution < -0.4 is 5.32 Å². The number of hydrogen-bond donors (Lipinski definition) is 1. The molecule has 1 saturated heterocycles. The zero-order valence-electron chi connectivity index (χ0n) is 13.9. The highest BCUT2D eigenvalue weighted by Crippen LogP contribution is 2.26. The zero-order chi connectivity index (χ0) is 18.7. The Hall–Kier alpha value is -1.96. The number of benzene rings is 2. The summed E-state index contributed by atoms with van der Waals surface area (Å²) in [5, 5.41) is 3.18. The lowest BCUT2D eigenvalue weighted by molar-refractivity contribution is -0.120. The molecule has 1 aliphatic heterocycles. The van der Waals surface area contributed by atoms with E-state index in [0.29, 0.717) is 30.1 Å². The quantitative estimate of drug-likeness (QED) is 0.859. The zero-order valence-corrected chi connectivity index (χ0v) is 15.4. The normalized spacial score (nSPS) is 18.5. The molecule has 8 heteroatoms. The summed E-state index contributed by atoms with van der Waals surface area (Å²) in [6.07, 6.45) is 1.16. The highest BCUT2D eigenvalue weighted by molar-refractivity contribution is 7.89. The molecule has 2 aromatic rings. The maximum Gasteiger partial charge on any atom is 0.243 e. The van der Waals surface area contributed by atoms with Gasteiger partial charge in [0.05, 0.1) is 21.5 Å². The van der Waals surface area contributed by atoms with Crippen LogP contribution in [0.3, 0.4) is 0 Å². The fraction of sp³-hybridized carbons (Fsp3) is 0.278. The Labute approximate surface area is 156 Å². The van der Waals surface area contributed by atoms with E-state index in [1.54, 1.807) is 24.3 Å². The molecule has 1 N–H and O–H groups in total. The molecule has 0 bridgehead atoms. The Morgan fingerprint density at radius 3 is 2.54 bits per heavy atom. The molecule has 1 atom stereocenters. The summed E-state index contributed by atoms with van der Waals surface area (Å²) in [5.74, 6) is -1.24. The Bertz CT molecular complexity index is 903. The van der Waals surface area contributed by atoms with Crippen LogP contribution in [0.4, 0.5) is 10.1 Å². The molecule has 0 saturated carbocycles. The monoisotopic (exact) mass is 396 g/mol. The second kappa shape index (κ2) is 7.73. The van der Waals surface area contributed by atoms with E-state index in [1.807, 2.05) is 0 Å². The molecule has 0 spiro atoms. The van der Waals surface area contributed by atoms with Gasteiger partial charge in [0.25, 0.3) is 0 Å². The van der Waals surface area contributed by atoms with E-state index in [1.165, 1.54) is 16.4 Å². The predicted molar refractivity (Wildman–Crippen MR) is 98.0 cm³/mol. The van der Waals surface area contributed by atoms with Crippen LogP contribution in [0.25, 0.3) is 0 Å². The lowest BCUT2D eigenvalue weighted by atomic mass is 9.99. The molecule has 26 heavy (non-hydrogen) atoms. The van der Waals surface area contributed by atoms with Crippen LogP contribution in [0.1, 0.15) is 12.8 Å². The van der Waals surface area contributed by atoms with E-state index in [2.05, 4.69) is 5.32 Å². The summed E-state index contributed by atoms with van der Waals surface area (Å²) in [6, 6.07) is 11.6. The fourth-order valence-electron chi connectivity index (χ4n) is 2.93. The lowest BCUT2D eigenvalue weighted by Crippen LogP contribution is -2.43. The van der Waals surface area contributed by atoms with Gasteiger partial charge < -0.3 is 5.32 Å². The molecule has 0 aliphatic carbocycles. The topological polar surface area (TPSA) is 66.5 Å². The van der Waals surface area contributed by atoms with Gasteiger partial charge in [-0.1, -0.05) is 23.7 Å². The highest BCUT2D eigenvalue weighted by Gasteiger charge is 2.33. The molecule has 2 aromatic carbocycles. The van der Waals surface area contributed by atoms with Crippen LogP contribution in [0.15, 0.2) is 53.4 Å². The van der Waals surface area contributed by atoms with Crippen molar-refractivity contribution in [1.82, 2.24) is 4.31 Å². The first-order valence-electron chi connectivity index (χ1n) is 8.19. The van der Waals surface area contributed by atoms with Gasteiger partial charge in [-0.25, -0.2) is 12.8 Å². The molecule has 1 heterocycles. The first kappa shape index (κ1) is 18.8. The second-order valence-electron chi connectivity index (χ2n) is 6.13. The molecule has 0 unspecified atom stereocenters. The van der Waals surface area contributed by atoms with Crippen molar-refractivity contribution in [3.63, 3.8) is 0 Å². The van der Waals surface area contributed by atoms with Gasteiger partial charge in [-0.15, -0.1) is 0 Å². The average Bonchev–Trinajstić information content (AvgIpc) is 2.64. The van der Waals surface area contributed by atoms with Crippen molar-refractivity contribution in [2.24, 2.45) is 5.92 Å². The van der Waals surface area contributed by atoms with Gasteiger partial charge in [0.2, 0.25) is 15.9 Å². The summed E-state index contributed by atoms with van der Waals surface area (Å²) in [6.45, 7) is 0.408. The summed E-state index contributed by atoms with van der Waals surface area (Å²) >= 11 is 6.05. The van der Waals surface area contributed by atoms with Gasteiger partial charge in [-0.3, -0.25) is 4.79 Å². The number of carbonyl (C=O) groups is 1. The number of carbonyl (C=O) groups excluding carboxylic acids is 1. The number of rotatable bonds is 4. The SMILES string of the molecule is O=C(Nc1ccccc1Cl)[C@H]1CCCN(S(=O)(=O)c2ccc(F)cc2)C1. The standard InChI is InChI=1S/C18H18ClFN2O3S/c19-16-5-1-2-6-17(16)21-18(23)13-4-3-11-22(12-13)26(24,25)15-9-7-14(20)8-10-15/h1-2,5-10,13H,3-4,11-12H2,(H,21,23)/t13-/m0/s1. The van der Waals surface area contributed by atoms with Gasteiger partial charge >= 0.3 is 0 Å². The second-order valence-corrected chi connectivity index (χ2v) is 8.47. The summed E-state index contributed by atoms with van der Waals surface area (Å²) in [4.78, 5) is 12.6. The molecule has 1 fully saturated rings. The predicted octanol–water partition coefficient (Wildman–Crippen LogP) is 3.52. The minimum Gasteiger partial charge on any atom is -0.324 e. The van der Waals surface area contributed by atoms with Crippen molar-refractivity contribution in [1.29, 1.82) is 0 Å². The Kier molecular flexibility index (Phi) is 5.60. The van der Waals surface area contributed by atoms with E-state index >= 15 is 0 Å². The van der Waals surface area contributed by atoms with Crippen LogP contribution in [0.2, 0.25) is 5.02 Å². The highest BCUT2D eigenvalue weighted by atomic mass is 35.5. The molecule has 1 amide bonds. The third-order valence-corrected chi connectivity index (χ3v) is 6.55. The first-order valence-corrected chi connectivity index (χ1v) is 10.0. The smallest absolute Gasteiger partial charge is 0.243 e. The molecule has 5 nitrogen and oxygen atoms in total. The van der Waals surface area contributed by atoms with Crippen molar-refractivity contribution >= 4 is 33.2 Å². The van der Waals surface area contributed by atoms with Crippen molar-refractivity contribution in [3.8, 4) is 0 Å². The van der Waals surface area contributed by atoms with Gasteiger partial charge in [0.15, 0.2) is 0 Å². The lowest BCUT2D eigenvalue weighted by Gasteiger charge is -2.31. The van der Waals surface area contributed by atoms with Gasteiger partial charge in [0, 0.05) is 13.1 Å². The molecule has 138 valence electrons. The number of halogens is 2. The maximum atomic E-state index is 13.1. The molecule has 0 aromatic heterocycles. The van der Waals surface area contributed by atoms with Crippen molar-refractivity contribution < 1.29 is 17.6 Å². The average molecular weight is 397 g/mol. The third kappa shape index (κ3) is 4.06. The van der Waals surface area contributed by atoms with E-state index in [-0.39, 0.29) is 17.3 Å².